The van der Waals surface area contributed by atoms with Crippen molar-refractivity contribution in [2.75, 3.05) is 0 Å². The summed E-state index contributed by atoms with van der Waals surface area (Å²) in [6.45, 7) is 9.46. The third kappa shape index (κ3) is 5.90. The first-order valence-corrected chi connectivity index (χ1v) is 18.0. The van der Waals surface area contributed by atoms with E-state index >= 15 is 0 Å². The number of rotatable bonds is 9. The lowest BCUT2D eigenvalue weighted by Crippen LogP contribution is -2.33. The first-order valence-electron chi connectivity index (χ1n) is 15.3. The van der Waals surface area contributed by atoms with Crippen LogP contribution in [0.1, 0.15) is 29.4 Å². The molecule has 220 valence electrons. The summed E-state index contributed by atoms with van der Waals surface area (Å²) in [6, 6.07) is 40.4. The van der Waals surface area contributed by atoms with E-state index in [2.05, 4.69) is 102 Å². The molecular weight excluding hydrogens is 565 g/mol. The number of aromatic nitrogens is 3. The average Bonchev–Trinajstić information content (AvgIpc) is 3.39. The Morgan fingerprint density at radius 2 is 1.31 bits per heavy atom. The maximum Gasteiger partial charge on any atom is 0.120 e. The third-order valence-corrected chi connectivity index (χ3v) is 13.2. The fraction of sp³-hybridized carbons (Fsp3) is 0.0750. The number of benzene rings is 2. The molecule has 0 saturated heterocycles. The lowest BCUT2D eigenvalue weighted by atomic mass is 9.90. The lowest BCUT2D eigenvalue weighted by Gasteiger charge is -2.29. The summed E-state index contributed by atoms with van der Waals surface area (Å²) in [5, 5.41) is 2.64. The highest BCUT2D eigenvalue weighted by molar-refractivity contribution is 7.06. The van der Waals surface area contributed by atoms with Crippen LogP contribution in [-0.2, 0) is 0 Å². The van der Waals surface area contributed by atoms with Gasteiger partial charge in [0, 0.05) is 12.4 Å². The fourth-order valence-electron chi connectivity index (χ4n) is 6.19. The predicted molar refractivity (Wildman–Crippen MR) is 191 cm³/mol. The maximum absolute atomic E-state index is 6.38. The van der Waals surface area contributed by atoms with Gasteiger partial charge in [-0.1, -0.05) is 117 Å². The van der Waals surface area contributed by atoms with Gasteiger partial charge in [0.1, 0.15) is 8.07 Å². The van der Waals surface area contributed by atoms with Crippen molar-refractivity contribution in [1.29, 1.82) is 0 Å². The maximum atomic E-state index is 6.38. The Bertz CT molecular complexity index is 1940. The summed E-state index contributed by atoms with van der Waals surface area (Å²) in [6.07, 6.45) is 9.56. The summed E-state index contributed by atoms with van der Waals surface area (Å²) in [5.74, 6) is 0. The highest BCUT2D eigenvalue weighted by Crippen LogP contribution is 2.55. The van der Waals surface area contributed by atoms with Crippen LogP contribution in [0.2, 0.25) is 12.6 Å². The molecule has 2 N–H and O–H groups in total. The van der Waals surface area contributed by atoms with E-state index in [1.807, 2.05) is 60.8 Å². The minimum Gasteiger partial charge on any atom is -0.397 e. The van der Waals surface area contributed by atoms with Gasteiger partial charge in [-0.3, -0.25) is 9.97 Å². The van der Waals surface area contributed by atoms with Crippen molar-refractivity contribution in [3.05, 3.63) is 186 Å². The van der Waals surface area contributed by atoms with Crippen LogP contribution >= 0.6 is 0 Å². The zero-order chi connectivity index (χ0) is 31.2. The van der Waals surface area contributed by atoms with Gasteiger partial charge in [-0.05, 0) is 80.7 Å². The number of hydrogen-bond donors (Lipinski definition) is 1. The molecule has 5 aromatic rings. The minimum absolute atomic E-state index is 0.609. The number of allylic oxidation sites excluding steroid dienone is 7. The molecule has 4 heterocycles. The molecule has 6 rings (SSSR count). The van der Waals surface area contributed by atoms with Crippen molar-refractivity contribution in [3.63, 3.8) is 0 Å². The van der Waals surface area contributed by atoms with Crippen molar-refractivity contribution < 1.29 is 0 Å². The Kier molecular flexibility index (Phi) is 8.62. The van der Waals surface area contributed by atoms with Gasteiger partial charge in [-0.25, -0.2) is 4.98 Å². The summed E-state index contributed by atoms with van der Waals surface area (Å²) >= 11 is 0. The number of nitrogens with two attached hydrogens (primary N) is 1. The fourth-order valence-corrected chi connectivity index (χ4v) is 10.3. The van der Waals surface area contributed by atoms with Crippen LogP contribution in [0, 0.1) is 0 Å². The molecule has 0 amide bonds. The minimum atomic E-state index is -2.42. The molecule has 1 unspecified atom stereocenters. The highest BCUT2D eigenvalue weighted by Gasteiger charge is 2.46. The third-order valence-electron chi connectivity index (χ3n) is 8.47. The van der Waals surface area contributed by atoms with E-state index in [0.29, 0.717) is 5.70 Å². The molecule has 0 fully saturated rings. The molecule has 0 bridgehead atoms. The van der Waals surface area contributed by atoms with E-state index in [4.69, 9.17) is 17.3 Å². The van der Waals surface area contributed by atoms with Gasteiger partial charge in [-0.15, -0.1) is 0 Å². The van der Waals surface area contributed by atoms with Crippen LogP contribution < -0.4 is 5.73 Å². The molecule has 4 nitrogen and oxygen atoms in total. The molecule has 3 aromatic heterocycles. The Labute approximate surface area is 266 Å². The summed E-state index contributed by atoms with van der Waals surface area (Å²) < 4.78 is 0. The van der Waals surface area contributed by atoms with Crippen molar-refractivity contribution in [1.82, 2.24) is 15.0 Å². The Morgan fingerprint density at radius 3 is 1.93 bits per heavy atom. The zero-order valence-corrected chi connectivity index (χ0v) is 26.7. The second-order valence-corrected chi connectivity index (χ2v) is 15.6. The van der Waals surface area contributed by atoms with Gasteiger partial charge >= 0.3 is 0 Å². The SMILES string of the molecule is C=C(/C=C\C=C(/N)c1ccccn1)C1=C(c2ccccc2)C(c2ccccc2)=C(c2cccc(-c3ccccn3)n2)[Si]1(C)CC. The molecule has 0 radical (unpaired) electrons. The monoisotopic (exact) mass is 600 g/mol. The van der Waals surface area contributed by atoms with Gasteiger partial charge < -0.3 is 5.73 Å². The molecule has 0 aliphatic carbocycles. The largest absolute Gasteiger partial charge is 0.397 e. The lowest BCUT2D eigenvalue weighted by molar-refractivity contribution is 1.23. The van der Waals surface area contributed by atoms with Gasteiger partial charge in [0.2, 0.25) is 0 Å². The predicted octanol–water partition coefficient (Wildman–Crippen LogP) is 9.21. The molecule has 45 heavy (non-hydrogen) atoms. The summed E-state index contributed by atoms with van der Waals surface area (Å²) in [4.78, 5) is 14.3. The first-order chi connectivity index (χ1) is 22.0. The van der Waals surface area contributed by atoms with Crippen molar-refractivity contribution in [3.8, 4) is 11.4 Å². The topological polar surface area (TPSA) is 64.7 Å². The van der Waals surface area contributed by atoms with Gasteiger partial charge in [0.05, 0.1) is 28.5 Å². The van der Waals surface area contributed by atoms with E-state index in [9.17, 15) is 0 Å². The smallest absolute Gasteiger partial charge is 0.120 e. The second kappa shape index (κ2) is 13.1. The van der Waals surface area contributed by atoms with E-state index in [1.165, 1.54) is 32.7 Å². The molecule has 1 aliphatic rings. The molecule has 1 aliphatic heterocycles. The number of nitrogens with zero attached hydrogens (tertiary/aromatic N) is 3. The van der Waals surface area contributed by atoms with E-state index in [-0.39, 0.29) is 0 Å². The Balaban J connectivity index is 1.57. The summed E-state index contributed by atoms with van der Waals surface area (Å²) in [5.41, 5.74) is 16.3. The average molecular weight is 601 g/mol. The first kappa shape index (κ1) is 29.7. The molecule has 5 heteroatoms. The Hall–Kier alpha value is -5.39. The van der Waals surface area contributed by atoms with Crippen LogP contribution in [0.4, 0.5) is 0 Å². The van der Waals surface area contributed by atoms with Crippen molar-refractivity contribution >= 4 is 30.1 Å². The standard InChI is InChI=1S/C40H36N4Si/c1-4-45(3)39(29(2)17-15-22-32(41)33-23-11-13-27-42-33)37(30-18-7-5-8-19-30)38(31-20-9-6-10-21-31)40(45)36-26-16-25-35(44-36)34-24-12-14-28-43-34/h5-28H,2,4,41H2,1,3H3/b17-15-,32-22-. The number of hydrogen-bond acceptors (Lipinski definition) is 4. The molecule has 0 spiro atoms. The molecule has 2 aromatic carbocycles. The van der Waals surface area contributed by atoms with Crippen molar-refractivity contribution in [2.45, 2.75) is 19.5 Å². The molecule has 0 saturated carbocycles. The van der Waals surface area contributed by atoms with Gasteiger partial charge in [0.15, 0.2) is 0 Å². The van der Waals surface area contributed by atoms with Crippen LogP contribution in [0.5, 0.6) is 0 Å². The van der Waals surface area contributed by atoms with E-state index < -0.39 is 8.07 Å². The van der Waals surface area contributed by atoms with Crippen molar-refractivity contribution in [2.24, 2.45) is 5.73 Å². The van der Waals surface area contributed by atoms with Crippen LogP contribution in [0.15, 0.2) is 163 Å². The summed E-state index contributed by atoms with van der Waals surface area (Å²) in [7, 11) is -2.42. The molecule has 1 atom stereocenters. The van der Waals surface area contributed by atoms with Gasteiger partial charge in [-0.2, -0.15) is 0 Å². The normalized spacial score (nSPS) is 16.9. The number of pyridine rings is 3. The van der Waals surface area contributed by atoms with Gasteiger partial charge in [0.25, 0.3) is 0 Å². The van der Waals surface area contributed by atoms with E-state index in [0.717, 1.165) is 34.4 Å². The zero-order valence-electron chi connectivity index (χ0n) is 25.7. The van der Waals surface area contributed by atoms with E-state index in [1.54, 1.807) is 6.20 Å². The van der Waals surface area contributed by atoms with Crippen LogP contribution in [-0.4, -0.2) is 23.0 Å². The van der Waals surface area contributed by atoms with Crippen LogP contribution in [0.3, 0.4) is 0 Å². The molecular formula is C40H36N4Si. The van der Waals surface area contributed by atoms with Crippen LogP contribution in [0.25, 0.3) is 33.4 Å². The second-order valence-electron chi connectivity index (χ2n) is 11.3. The Morgan fingerprint density at radius 1 is 0.711 bits per heavy atom. The quantitative estimate of drug-likeness (QED) is 0.135. The highest BCUT2D eigenvalue weighted by atomic mass is 28.3.